The number of nitrogens with zero attached hydrogens (tertiary/aromatic N) is 1. The Morgan fingerprint density at radius 1 is 1.00 bits per heavy atom. The molecule has 0 atom stereocenters. The van der Waals surface area contributed by atoms with Gasteiger partial charge in [0.1, 0.15) is 0 Å². The first-order valence-electron chi connectivity index (χ1n) is 5.23. The van der Waals surface area contributed by atoms with Crippen molar-refractivity contribution >= 4 is 6.08 Å². The third-order valence-corrected chi connectivity index (χ3v) is 2.31. The highest BCUT2D eigenvalue weighted by molar-refractivity contribution is 5.48. The van der Waals surface area contributed by atoms with Gasteiger partial charge < -0.3 is 4.57 Å². The van der Waals surface area contributed by atoms with Crippen molar-refractivity contribution in [3.05, 3.63) is 76.7 Å². The highest BCUT2D eigenvalue weighted by atomic mass is 16.1. The molecule has 0 aliphatic carbocycles. The van der Waals surface area contributed by atoms with Crippen LogP contribution in [0.2, 0.25) is 0 Å². The van der Waals surface area contributed by atoms with Crippen molar-refractivity contribution in [2.45, 2.75) is 6.54 Å². The number of rotatable bonds is 3. The predicted octanol–water partition coefficient (Wildman–Crippen LogP) is 2.56. The summed E-state index contributed by atoms with van der Waals surface area (Å²) in [5, 5.41) is 0. The van der Waals surface area contributed by atoms with Crippen molar-refractivity contribution in [2.75, 3.05) is 0 Å². The van der Waals surface area contributed by atoms with Gasteiger partial charge in [0.25, 0.3) is 5.56 Å². The number of benzene rings is 1. The molecule has 1 aromatic carbocycles. The third kappa shape index (κ3) is 2.70. The second kappa shape index (κ2) is 5.12. The molecule has 0 aliphatic rings. The molecule has 2 heteroatoms. The van der Waals surface area contributed by atoms with Gasteiger partial charge in [0.15, 0.2) is 0 Å². The fourth-order valence-electron chi connectivity index (χ4n) is 1.48. The van der Waals surface area contributed by atoms with Crippen LogP contribution in [0.1, 0.15) is 5.56 Å². The maximum absolute atomic E-state index is 11.4. The largest absolute Gasteiger partial charge is 0.312 e. The van der Waals surface area contributed by atoms with Crippen LogP contribution < -0.4 is 5.56 Å². The molecule has 2 aromatic rings. The molecule has 1 aromatic heterocycles. The Balaban J connectivity index is 2.06. The van der Waals surface area contributed by atoms with Gasteiger partial charge in [-0.05, 0) is 11.6 Å². The Labute approximate surface area is 94.5 Å². The summed E-state index contributed by atoms with van der Waals surface area (Å²) in [6.07, 6.45) is 5.79. The predicted molar refractivity (Wildman–Crippen MR) is 66.2 cm³/mol. The lowest BCUT2D eigenvalue weighted by Crippen LogP contribution is -2.16. The van der Waals surface area contributed by atoms with E-state index in [1.54, 1.807) is 22.9 Å². The van der Waals surface area contributed by atoms with Gasteiger partial charge in [0.05, 0.1) is 0 Å². The molecule has 80 valence electrons. The van der Waals surface area contributed by atoms with Crippen LogP contribution >= 0.6 is 0 Å². The Hall–Kier alpha value is -2.09. The van der Waals surface area contributed by atoms with Crippen LogP contribution in [-0.2, 0) is 6.54 Å². The first-order chi connectivity index (χ1) is 7.86. The van der Waals surface area contributed by atoms with E-state index < -0.39 is 0 Å². The van der Waals surface area contributed by atoms with E-state index in [-0.39, 0.29) is 5.56 Å². The van der Waals surface area contributed by atoms with Crippen LogP contribution in [0.15, 0.2) is 65.6 Å². The lowest BCUT2D eigenvalue weighted by atomic mass is 10.2. The molecule has 0 N–H and O–H groups in total. The summed E-state index contributed by atoms with van der Waals surface area (Å²) < 4.78 is 1.67. The minimum atomic E-state index is 0.0280. The molecule has 2 nitrogen and oxygen atoms in total. The van der Waals surface area contributed by atoms with E-state index in [2.05, 4.69) is 0 Å². The van der Waals surface area contributed by atoms with Crippen LogP contribution in [0, 0.1) is 0 Å². The van der Waals surface area contributed by atoms with Gasteiger partial charge in [-0.3, -0.25) is 4.79 Å². The Morgan fingerprint density at radius 2 is 1.75 bits per heavy atom. The molecular formula is C14H13NO. The van der Waals surface area contributed by atoms with Crippen LogP contribution in [0.25, 0.3) is 6.08 Å². The van der Waals surface area contributed by atoms with Crippen molar-refractivity contribution in [2.24, 2.45) is 0 Å². The minimum Gasteiger partial charge on any atom is -0.312 e. The maximum atomic E-state index is 11.4. The smallest absolute Gasteiger partial charge is 0.250 e. The van der Waals surface area contributed by atoms with Crippen molar-refractivity contribution in [3.63, 3.8) is 0 Å². The van der Waals surface area contributed by atoms with E-state index in [9.17, 15) is 4.79 Å². The number of hydrogen-bond acceptors (Lipinski definition) is 1. The second-order valence-electron chi connectivity index (χ2n) is 3.50. The van der Waals surface area contributed by atoms with E-state index in [1.165, 1.54) is 0 Å². The Kier molecular flexibility index (Phi) is 3.34. The Morgan fingerprint density at radius 3 is 2.50 bits per heavy atom. The van der Waals surface area contributed by atoms with Crippen LogP contribution in [-0.4, -0.2) is 4.57 Å². The normalized spacial score (nSPS) is 10.8. The number of aromatic nitrogens is 1. The third-order valence-electron chi connectivity index (χ3n) is 2.31. The molecule has 1 heterocycles. The Bertz CT molecular complexity index is 526. The molecule has 16 heavy (non-hydrogen) atoms. The van der Waals surface area contributed by atoms with Crippen molar-refractivity contribution in [3.8, 4) is 0 Å². The number of pyridine rings is 1. The molecule has 0 bridgehead atoms. The van der Waals surface area contributed by atoms with Gasteiger partial charge >= 0.3 is 0 Å². The maximum Gasteiger partial charge on any atom is 0.250 e. The molecule has 0 unspecified atom stereocenters. The van der Waals surface area contributed by atoms with E-state index in [0.29, 0.717) is 6.54 Å². The zero-order valence-electron chi connectivity index (χ0n) is 8.91. The van der Waals surface area contributed by atoms with Gasteiger partial charge in [-0.1, -0.05) is 48.6 Å². The molecule has 0 amide bonds. The monoisotopic (exact) mass is 211 g/mol. The summed E-state index contributed by atoms with van der Waals surface area (Å²) in [5.41, 5.74) is 1.17. The molecule has 2 rings (SSSR count). The lowest BCUT2D eigenvalue weighted by Gasteiger charge is -1.99. The molecular weight excluding hydrogens is 198 g/mol. The van der Waals surface area contributed by atoms with E-state index in [4.69, 9.17) is 0 Å². The second-order valence-corrected chi connectivity index (χ2v) is 3.50. The zero-order valence-corrected chi connectivity index (χ0v) is 8.91. The topological polar surface area (TPSA) is 22.0 Å². The number of hydrogen-bond donors (Lipinski definition) is 0. The fraction of sp³-hybridized carbons (Fsp3) is 0.0714. The van der Waals surface area contributed by atoms with E-state index in [0.717, 1.165) is 5.56 Å². The summed E-state index contributed by atoms with van der Waals surface area (Å²) >= 11 is 0. The fourth-order valence-corrected chi connectivity index (χ4v) is 1.48. The van der Waals surface area contributed by atoms with E-state index >= 15 is 0 Å². The number of allylic oxidation sites excluding steroid dienone is 1. The van der Waals surface area contributed by atoms with Gasteiger partial charge in [0.2, 0.25) is 0 Å². The summed E-state index contributed by atoms with van der Waals surface area (Å²) in [5.74, 6) is 0. The standard InChI is InChI=1S/C14H13NO/c16-14-10-4-5-11-15(14)12-6-9-13-7-2-1-3-8-13/h1-11H,12H2. The zero-order chi connectivity index (χ0) is 11.2. The van der Waals surface area contributed by atoms with E-state index in [1.807, 2.05) is 48.6 Å². The first-order valence-corrected chi connectivity index (χ1v) is 5.23. The van der Waals surface area contributed by atoms with Gasteiger partial charge in [-0.25, -0.2) is 0 Å². The van der Waals surface area contributed by atoms with Crippen LogP contribution in [0.5, 0.6) is 0 Å². The summed E-state index contributed by atoms with van der Waals surface area (Å²) in [4.78, 5) is 11.4. The van der Waals surface area contributed by atoms with Crippen LogP contribution in [0.3, 0.4) is 0 Å². The molecule has 0 radical (unpaired) electrons. The van der Waals surface area contributed by atoms with Crippen LogP contribution in [0.4, 0.5) is 0 Å². The average molecular weight is 211 g/mol. The lowest BCUT2D eigenvalue weighted by molar-refractivity contribution is 0.781. The minimum absolute atomic E-state index is 0.0280. The quantitative estimate of drug-likeness (QED) is 0.764. The van der Waals surface area contributed by atoms with Gasteiger partial charge in [-0.15, -0.1) is 0 Å². The highest BCUT2D eigenvalue weighted by Crippen LogP contribution is 2.00. The molecule has 0 aliphatic heterocycles. The van der Waals surface area contributed by atoms with Crippen molar-refractivity contribution in [1.29, 1.82) is 0 Å². The average Bonchev–Trinajstić information content (AvgIpc) is 2.33. The van der Waals surface area contributed by atoms with Crippen molar-refractivity contribution < 1.29 is 0 Å². The molecule has 0 spiro atoms. The van der Waals surface area contributed by atoms with Crippen molar-refractivity contribution in [1.82, 2.24) is 4.57 Å². The van der Waals surface area contributed by atoms with Gasteiger partial charge in [0, 0.05) is 18.8 Å². The highest BCUT2D eigenvalue weighted by Gasteiger charge is 1.89. The molecule has 0 saturated carbocycles. The molecule has 0 fully saturated rings. The summed E-state index contributed by atoms with van der Waals surface area (Å²) in [6.45, 7) is 0.606. The SMILES string of the molecule is O=c1ccccn1CC=Cc1ccccc1. The summed E-state index contributed by atoms with van der Waals surface area (Å²) in [7, 11) is 0. The van der Waals surface area contributed by atoms with Gasteiger partial charge in [-0.2, -0.15) is 0 Å². The summed E-state index contributed by atoms with van der Waals surface area (Å²) in [6, 6.07) is 15.2. The molecule has 0 saturated heterocycles. The first kappa shape index (κ1) is 10.4.